The van der Waals surface area contributed by atoms with Crippen LogP contribution in [0.1, 0.15) is 5.69 Å². The van der Waals surface area contributed by atoms with E-state index < -0.39 is 0 Å². The third-order valence-electron chi connectivity index (χ3n) is 3.26. The number of benzene rings is 1. The number of tetrazole rings is 1. The Morgan fingerprint density at radius 3 is 2.96 bits per heavy atom. The molecule has 6 nitrogen and oxygen atoms in total. The van der Waals surface area contributed by atoms with Crippen molar-refractivity contribution in [2.75, 3.05) is 0 Å². The Labute approximate surface area is 135 Å². The quantitative estimate of drug-likeness (QED) is 0.540. The highest BCUT2D eigenvalue weighted by Crippen LogP contribution is 2.22. The lowest BCUT2D eigenvalue weighted by Gasteiger charge is -2.03. The summed E-state index contributed by atoms with van der Waals surface area (Å²) in [5, 5.41) is 12.2. The summed E-state index contributed by atoms with van der Waals surface area (Å²) in [6.45, 7) is 0. The molecule has 0 amide bonds. The number of halogens is 1. The van der Waals surface area contributed by atoms with Crippen LogP contribution in [0, 0.1) is 5.82 Å². The molecule has 0 N–H and O–H groups in total. The number of imidazole rings is 1. The van der Waals surface area contributed by atoms with Crippen molar-refractivity contribution in [3.8, 4) is 5.69 Å². The molecule has 0 saturated heterocycles. The second-order valence-electron chi connectivity index (χ2n) is 4.84. The number of hydrogen-bond donors (Lipinski definition) is 0. The fraction of sp³-hybridized carbons (Fsp3) is 0.0667. The van der Waals surface area contributed by atoms with Crippen molar-refractivity contribution < 1.29 is 4.39 Å². The van der Waals surface area contributed by atoms with Gasteiger partial charge in [-0.2, -0.15) is 4.68 Å². The second-order valence-corrected chi connectivity index (χ2v) is 5.78. The van der Waals surface area contributed by atoms with Crippen LogP contribution in [-0.4, -0.2) is 29.6 Å². The number of nitrogens with zero attached hydrogens (tertiary/aromatic N) is 6. The highest BCUT2D eigenvalue weighted by Gasteiger charge is 2.11. The molecule has 0 aliphatic heterocycles. The maximum atomic E-state index is 13.4. The average molecular weight is 326 g/mol. The fourth-order valence-corrected chi connectivity index (χ4v) is 3.01. The van der Waals surface area contributed by atoms with Crippen LogP contribution in [0.25, 0.3) is 11.3 Å². The Balaban J connectivity index is 1.57. The Morgan fingerprint density at radius 2 is 2.09 bits per heavy atom. The van der Waals surface area contributed by atoms with Gasteiger partial charge in [0.05, 0.1) is 11.4 Å². The number of thioether (sulfide) groups is 1. The molecule has 0 aliphatic carbocycles. The van der Waals surface area contributed by atoms with E-state index in [0.717, 1.165) is 11.3 Å². The molecule has 0 atom stereocenters. The molecule has 4 rings (SSSR count). The first kappa shape index (κ1) is 13.9. The maximum absolute atomic E-state index is 13.4. The summed E-state index contributed by atoms with van der Waals surface area (Å²) in [7, 11) is 0. The summed E-state index contributed by atoms with van der Waals surface area (Å²) >= 11 is 1.45. The van der Waals surface area contributed by atoms with E-state index in [4.69, 9.17) is 0 Å². The first-order chi connectivity index (χ1) is 11.3. The van der Waals surface area contributed by atoms with Gasteiger partial charge in [0.25, 0.3) is 0 Å². The lowest BCUT2D eigenvalue weighted by atomic mass is 10.3. The molecule has 0 fully saturated rings. The van der Waals surface area contributed by atoms with Crippen LogP contribution in [0.3, 0.4) is 0 Å². The number of hydrogen-bond acceptors (Lipinski definition) is 5. The average Bonchev–Trinajstić information content (AvgIpc) is 3.19. The van der Waals surface area contributed by atoms with Crippen LogP contribution >= 0.6 is 11.8 Å². The van der Waals surface area contributed by atoms with E-state index in [2.05, 4.69) is 20.5 Å². The van der Waals surface area contributed by atoms with Gasteiger partial charge in [-0.1, -0.05) is 23.9 Å². The van der Waals surface area contributed by atoms with Crippen LogP contribution in [0.2, 0.25) is 0 Å². The molecule has 0 unspecified atom stereocenters. The normalized spacial score (nSPS) is 11.2. The molecular weight excluding hydrogens is 315 g/mol. The summed E-state index contributed by atoms with van der Waals surface area (Å²) in [5.41, 5.74) is 2.41. The van der Waals surface area contributed by atoms with Gasteiger partial charge >= 0.3 is 0 Å². The SMILES string of the molecule is Fc1cccc(-n2nnnc2SCc2cn3ccccc3n2)c1. The third kappa shape index (κ3) is 2.80. The van der Waals surface area contributed by atoms with Gasteiger partial charge in [0.1, 0.15) is 11.5 Å². The predicted molar refractivity (Wildman–Crippen MR) is 83.9 cm³/mol. The van der Waals surface area contributed by atoms with Gasteiger partial charge in [0.2, 0.25) is 5.16 Å². The summed E-state index contributed by atoms with van der Waals surface area (Å²) in [4.78, 5) is 4.53. The Bertz CT molecular complexity index is 930. The third-order valence-corrected chi connectivity index (χ3v) is 4.21. The molecule has 4 aromatic rings. The van der Waals surface area contributed by atoms with Crippen molar-refractivity contribution in [1.29, 1.82) is 0 Å². The van der Waals surface area contributed by atoms with Gasteiger partial charge in [-0.05, 0) is 40.8 Å². The maximum Gasteiger partial charge on any atom is 0.214 e. The van der Waals surface area contributed by atoms with Crippen molar-refractivity contribution in [1.82, 2.24) is 29.6 Å². The first-order valence-electron chi connectivity index (χ1n) is 6.89. The molecular formula is C15H11FN6S. The van der Waals surface area contributed by atoms with Gasteiger partial charge in [-0.15, -0.1) is 5.10 Å². The van der Waals surface area contributed by atoms with Crippen LogP contribution < -0.4 is 0 Å². The largest absolute Gasteiger partial charge is 0.307 e. The first-order valence-corrected chi connectivity index (χ1v) is 7.88. The minimum atomic E-state index is -0.325. The van der Waals surface area contributed by atoms with Crippen molar-refractivity contribution >= 4 is 17.4 Å². The van der Waals surface area contributed by atoms with E-state index in [0.29, 0.717) is 16.6 Å². The van der Waals surface area contributed by atoms with Crippen molar-refractivity contribution in [3.05, 3.63) is 66.4 Å². The van der Waals surface area contributed by atoms with Crippen molar-refractivity contribution in [3.63, 3.8) is 0 Å². The molecule has 8 heteroatoms. The molecule has 0 saturated carbocycles. The topological polar surface area (TPSA) is 60.9 Å². The van der Waals surface area contributed by atoms with Crippen molar-refractivity contribution in [2.24, 2.45) is 0 Å². The lowest BCUT2D eigenvalue weighted by molar-refractivity contribution is 0.623. The van der Waals surface area contributed by atoms with Gasteiger partial charge < -0.3 is 4.40 Å². The molecule has 23 heavy (non-hydrogen) atoms. The van der Waals surface area contributed by atoms with Gasteiger partial charge in [0, 0.05) is 18.1 Å². The van der Waals surface area contributed by atoms with Crippen LogP contribution in [0.15, 0.2) is 60.0 Å². The van der Waals surface area contributed by atoms with E-state index in [9.17, 15) is 4.39 Å². The van der Waals surface area contributed by atoms with Gasteiger partial charge in [-0.3, -0.25) is 0 Å². The smallest absolute Gasteiger partial charge is 0.214 e. The summed E-state index contributed by atoms with van der Waals surface area (Å²) in [6, 6.07) is 12.0. The molecule has 3 aromatic heterocycles. The molecule has 114 valence electrons. The monoisotopic (exact) mass is 326 g/mol. The standard InChI is InChI=1S/C15H11FN6S/c16-11-4-3-5-13(8-11)22-15(18-19-20-22)23-10-12-9-21-7-2-1-6-14(21)17-12/h1-9H,10H2. The van der Waals surface area contributed by atoms with E-state index in [1.807, 2.05) is 35.0 Å². The van der Waals surface area contributed by atoms with E-state index in [1.165, 1.54) is 28.6 Å². The summed E-state index contributed by atoms with van der Waals surface area (Å²) in [5.74, 6) is 0.298. The zero-order chi connectivity index (χ0) is 15.6. The lowest BCUT2D eigenvalue weighted by Crippen LogP contribution is -1.99. The molecule has 0 aliphatic rings. The minimum absolute atomic E-state index is 0.325. The highest BCUT2D eigenvalue weighted by molar-refractivity contribution is 7.98. The number of aromatic nitrogens is 6. The molecule has 0 spiro atoms. The van der Waals surface area contributed by atoms with Gasteiger partial charge in [0.15, 0.2) is 0 Å². The predicted octanol–water partition coefficient (Wildman–Crippen LogP) is 2.74. The Hall–Kier alpha value is -2.74. The Morgan fingerprint density at radius 1 is 1.13 bits per heavy atom. The molecule has 1 aromatic carbocycles. The number of pyridine rings is 1. The van der Waals surface area contributed by atoms with Crippen LogP contribution in [0.4, 0.5) is 4.39 Å². The second kappa shape index (κ2) is 5.81. The zero-order valence-electron chi connectivity index (χ0n) is 11.9. The van der Waals surface area contributed by atoms with E-state index in [1.54, 1.807) is 12.1 Å². The zero-order valence-corrected chi connectivity index (χ0v) is 12.7. The van der Waals surface area contributed by atoms with E-state index >= 15 is 0 Å². The van der Waals surface area contributed by atoms with Crippen LogP contribution in [-0.2, 0) is 5.75 Å². The molecule has 0 bridgehead atoms. The highest BCUT2D eigenvalue weighted by atomic mass is 32.2. The van der Waals surface area contributed by atoms with E-state index in [-0.39, 0.29) is 5.82 Å². The molecule has 3 heterocycles. The minimum Gasteiger partial charge on any atom is -0.307 e. The number of rotatable bonds is 4. The Kier molecular flexibility index (Phi) is 3.51. The fourth-order valence-electron chi connectivity index (χ4n) is 2.23. The molecule has 0 radical (unpaired) electrons. The van der Waals surface area contributed by atoms with Gasteiger partial charge in [-0.25, -0.2) is 9.37 Å². The summed E-state index contributed by atoms with van der Waals surface area (Å²) in [6.07, 6.45) is 3.92. The summed E-state index contributed by atoms with van der Waals surface area (Å²) < 4.78 is 16.8. The van der Waals surface area contributed by atoms with Crippen LogP contribution in [0.5, 0.6) is 0 Å². The number of fused-ring (bicyclic) bond motifs is 1. The van der Waals surface area contributed by atoms with Crippen molar-refractivity contribution in [2.45, 2.75) is 10.9 Å².